The molecule has 8 nitrogen and oxygen atoms in total. The maximum Gasteiger partial charge on any atom is 0.223 e. The van der Waals surface area contributed by atoms with Crippen LogP contribution in [0.25, 0.3) is 11.3 Å². The Hall–Kier alpha value is -2.49. The van der Waals surface area contributed by atoms with Crippen molar-refractivity contribution in [3.63, 3.8) is 0 Å². The molecule has 1 aromatic carbocycles. The number of rotatable bonds is 6. The second kappa shape index (κ2) is 10.2. The van der Waals surface area contributed by atoms with Gasteiger partial charge in [0.05, 0.1) is 38.1 Å². The molecule has 4 atom stereocenters. The standard InChI is InChI=1S/C24H31N5O3S/c1-30-17-9-7-15(8-10-17)18-11-12-25-23(27-18)28-19-13-31-22-20(14-32-21(19)22)29-24(33)26-16-5-3-2-4-6-16/h7-12,16,19-22H,2-6,13-14H2,1H3,(H,25,27,28)(H2,26,29,33)/t19-,20+,21-,22+/m1/s1. The molecule has 33 heavy (non-hydrogen) atoms. The summed E-state index contributed by atoms with van der Waals surface area (Å²) in [5.41, 5.74) is 1.85. The average Bonchev–Trinajstić information content (AvgIpc) is 3.43. The summed E-state index contributed by atoms with van der Waals surface area (Å²) in [4.78, 5) is 9.09. The third-order valence-corrected chi connectivity index (χ3v) is 6.90. The van der Waals surface area contributed by atoms with E-state index in [9.17, 15) is 0 Å². The van der Waals surface area contributed by atoms with Crippen molar-refractivity contribution >= 4 is 23.3 Å². The Morgan fingerprint density at radius 3 is 2.45 bits per heavy atom. The monoisotopic (exact) mass is 469 g/mol. The highest BCUT2D eigenvalue weighted by Gasteiger charge is 2.48. The van der Waals surface area contributed by atoms with Crippen LogP contribution in [0.2, 0.25) is 0 Å². The lowest BCUT2D eigenvalue weighted by Gasteiger charge is -2.26. The fourth-order valence-electron chi connectivity index (χ4n) is 4.91. The number of aromatic nitrogens is 2. The molecule has 0 spiro atoms. The Morgan fingerprint density at radius 2 is 1.70 bits per heavy atom. The Bertz CT molecular complexity index is 953. The van der Waals surface area contributed by atoms with E-state index in [2.05, 4.69) is 25.9 Å². The first-order valence-electron chi connectivity index (χ1n) is 11.7. The van der Waals surface area contributed by atoms with Gasteiger partial charge in [0.15, 0.2) is 5.11 Å². The van der Waals surface area contributed by atoms with E-state index in [1.165, 1.54) is 32.1 Å². The predicted molar refractivity (Wildman–Crippen MR) is 130 cm³/mol. The SMILES string of the molecule is COc1ccc(-c2ccnc(N[C@@H]3CO[C@@H]4[C@@H]3OC[C@@H]4NC(=S)NC3CCCCC3)n2)cc1. The minimum Gasteiger partial charge on any atom is -0.497 e. The van der Waals surface area contributed by atoms with Crippen LogP contribution in [0.3, 0.4) is 0 Å². The van der Waals surface area contributed by atoms with E-state index in [1.54, 1.807) is 13.3 Å². The van der Waals surface area contributed by atoms with E-state index in [0.29, 0.717) is 30.3 Å². The van der Waals surface area contributed by atoms with E-state index in [1.807, 2.05) is 30.3 Å². The summed E-state index contributed by atoms with van der Waals surface area (Å²) in [5, 5.41) is 11.0. The molecule has 3 fully saturated rings. The van der Waals surface area contributed by atoms with Crippen molar-refractivity contribution in [2.75, 3.05) is 25.6 Å². The summed E-state index contributed by atoms with van der Waals surface area (Å²) in [6.07, 6.45) is 7.88. The molecule has 2 saturated heterocycles. The van der Waals surface area contributed by atoms with Gasteiger partial charge in [-0.1, -0.05) is 19.3 Å². The molecule has 0 radical (unpaired) electrons. The maximum absolute atomic E-state index is 6.10. The molecule has 2 aromatic rings. The van der Waals surface area contributed by atoms with E-state index < -0.39 is 0 Å². The van der Waals surface area contributed by atoms with Crippen LogP contribution < -0.4 is 20.7 Å². The van der Waals surface area contributed by atoms with Crippen molar-refractivity contribution in [2.45, 2.75) is 62.4 Å². The highest BCUT2D eigenvalue weighted by atomic mass is 32.1. The third-order valence-electron chi connectivity index (χ3n) is 6.67. The van der Waals surface area contributed by atoms with Crippen molar-refractivity contribution < 1.29 is 14.2 Å². The number of methoxy groups -OCH3 is 1. The van der Waals surface area contributed by atoms with E-state index >= 15 is 0 Å². The van der Waals surface area contributed by atoms with Crippen molar-refractivity contribution in [3.05, 3.63) is 36.5 Å². The van der Waals surface area contributed by atoms with Crippen molar-refractivity contribution in [1.82, 2.24) is 20.6 Å². The van der Waals surface area contributed by atoms with Crippen LogP contribution >= 0.6 is 12.2 Å². The molecule has 0 unspecified atom stereocenters. The van der Waals surface area contributed by atoms with Gasteiger partial charge in [0.2, 0.25) is 5.95 Å². The quantitative estimate of drug-likeness (QED) is 0.553. The minimum atomic E-state index is -0.0757. The highest BCUT2D eigenvalue weighted by molar-refractivity contribution is 7.80. The first-order valence-corrected chi connectivity index (χ1v) is 12.1. The first kappa shape index (κ1) is 22.3. The van der Waals surface area contributed by atoms with Gasteiger partial charge in [-0.2, -0.15) is 0 Å². The Balaban J connectivity index is 1.17. The highest BCUT2D eigenvalue weighted by Crippen LogP contribution is 2.29. The lowest BCUT2D eigenvalue weighted by Crippen LogP contribution is -2.51. The van der Waals surface area contributed by atoms with Gasteiger partial charge in [-0.3, -0.25) is 0 Å². The summed E-state index contributed by atoms with van der Waals surface area (Å²) in [5.74, 6) is 1.38. The van der Waals surface area contributed by atoms with Crippen LogP contribution in [0.15, 0.2) is 36.5 Å². The molecule has 0 bridgehead atoms. The molecule has 3 aliphatic rings. The van der Waals surface area contributed by atoms with Crippen LogP contribution in [0, 0.1) is 0 Å². The molecule has 5 rings (SSSR count). The average molecular weight is 470 g/mol. The zero-order valence-corrected chi connectivity index (χ0v) is 19.6. The van der Waals surface area contributed by atoms with Crippen LogP contribution in [-0.4, -0.2) is 65.7 Å². The van der Waals surface area contributed by atoms with Gasteiger partial charge >= 0.3 is 0 Å². The van der Waals surface area contributed by atoms with Crippen LogP contribution in [0.4, 0.5) is 5.95 Å². The largest absolute Gasteiger partial charge is 0.497 e. The third kappa shape index (κ3) is 5.20. The minimum absolute atomic E-state index is 0.0206. The molecule has 3 N–H and O–H groups in total. The summed E-state index contributed by atoms with van der Waals surface area (Å²) < 4.78 is 17.4. The Labute approximate surface area is 199 Å². The molecule has 1 saturated carbocycles. The molecule has 176 valence electrons. The van der Waals surface area contributed by atoms with Gasteiger partial charge in [-0.05, 0) is 55.4 Å². The summed E-state index contributed by atoms with van der Waals surface area (Å²) >= 11 is 5.57. The summed E-state index contributed by atoms with van der Waals surface area (Å²) in [7, 11) is 1.66. The van der Waals surface area contributed by atoms with Gasteiger partial charge < -0.3 is 30.2 Å². The Kier molecular flexibility index (Phi) is 6.89. The molecule has 2 aliphatic heterocycles. The molecular formula is C24H31N5O3S. The normalized spacial score (nSPS) is 27.1. The number of nitrogens with one attached hydrogen (secondary N) is 3. The number of thiocarbonyl (C=S) groups is 1. The van der Waals surface area contributed by atoms with Gasteiger partial charge in [-0.25, -0.2) is 9.97 Å². The van der Waals surface area contributed by atoms with Crippen molar-refractivity contribution in [2.24, 2.45) is 0 Å². The molecule has 9 heteroatoms. The molecule has 1 aliphatic carbocycles. The number of benzene rings is 1. The van der Waals surface area contributed by atoms with Gasteiger partial charge in [0, 0.05) is 17.8 Å². The number of nitrogens with zero attached hydrogens (tertiary/aromatic N) is 2. The van der Waals surface area contributed by atoms with Crippen LogP contribution in [-0.2, 0) is 9.47 Å². The van der Waals surface area contributed by atoms with Crippen LogP contribution in [0.5, 0.6) is 5.75 Å². The number of anilines is 1. The lowest BCUT2D eigenvalue weighted by atomic mass is 9.96. The second-order valence-electron chi connectivity index (χ2n) is 8.90. The number of hydrogen-bond acceptors (Lipinski definition) is 7. The number of ether oxygens (including phenoxy) is 3. The number of hydrogen-bond donors (Lipinski definition) is 3. The summed E-state index contributed by atoms with van der Waals surface area (Å²) in [6.45, 7) is 1.10. The van der Waals surface area contributed by atoms with Crippen molar-refractivity contribution in [1.29, 1.82) is 0 Å². The van der Waals surface area contributed by atoms with E-state index in [0.717, 1.165) is 17.0 Å². The molecular weight excluding hydrogens is 438 g/mol. The fraction of sp³-hybridized carbons (Fsp3) is 0.542. The zero-order chi connectivity index (χ0) is 22.6. The predicted octanol–water partition coefficient (Wildman–Crippen LogP) is 2.90. The fourth-order valence-corrected chi connectivity index (χ4v) is 5.22. The van der Waals surface area contributed by atoms with Gasteiger partial charge in [0.25, 0.3) is 0 Å². The lowest BCUT2D eigenvalue weighted by molar-refractivity contribution is 0.0688. The Morgan fingerprint density at radius 1 is 0.970 bits per heavy atom. The second-order valence-corrected chi connectivity index (χ2v) is 9.31. The van der Waals surface area contributed by atoms with Crippen molar-refractivity contribution in [3.8, 4) is 17.0 Å². The van der Waals surface area contributed by atoms with E-state index in [-0.39, 0.29) is 24.3 Å². The molecule has 0 amide bonds. The zero-order valence-electron chi connectivity index (χ0n) is 18.8. The summed E-state index contributed by atoms with van der Waals surface area (Å²) in [6, 6.07) is 10.2. The van der Waals surface area contributed by atoms with Gasteiger partial charge in [-0.15, -0.1) is 0 Å². The first-order chi connectivity index (χ1) is 16.2. The maximum atomic E-state index is 6.10. The smallest absolute Gasteiger partial charge is 0.223 e. The molecule has 3 heterocycles. The van der Waals surface area contributed by atoms with E-state index in [4.69, 9.17) is 26.4 Å². The topological polar surface area (TPSA) is 89.6 Å². The number of fused-ring (bicyclic) bond motifs is 1. The molecule has 1 aromatic heterocycles. The van der Waals surface area contributed by atoms with Gasteiger partial charge in [0.1, 0.15) is 18.0 Å². The van der Waals surface area contributed by atoms with Crippen LogP contribution in [0.1, 0.15) is 32.1 Å².